The summed E-state index contributed by atoms with van der Waals surface area (Å²) in [6, 6.07) is 52.1. The van der Waals surface area contributed by atoms with Gasteiger partial charge in [0.25, 0.3) is 0 Å². The SMILES string of the molecule is CC1(C)c2ccccc2-c2c1c1ccc(-c3ccc4ccc5cccc6ccc3c4c56)cc1n2-c1cccc2ccccc12. The zero-order valence-corrected chi connectivity index (χ0v) is 24.7. The third kappa shape index (κ3) is 2.99. The van der Waals surface area contributed by atoms with Crippen LogP contribution in [0.15, 0.2) is 140 Å². The molecule has 0 bridgehead atoms. The highest BCUT2D eigenvalue weighted by Gasteiger charge is 2.40. The summed E-state index contributed by atoms with van der Waals surface area (Å²) in [6.07, 6.45) is 0. The second-order valence-electron chi connectivity index (χ2n) is 12.9. The van der Waals surface area contributed by atoms with E-state index in [1.54, 1.807) is 0 Å². The first-order chi connectivity index (χ1) is 21.6. The minimum Gasteiger partial charge on any atom is -0.308 e. The first-order valence-electron chi connectivity index (χ1n) is 15.5. The highest BCUT2D eigenvalue weighted by molar-refractivity contribution is 6.25. The molecule has 1 aliphatic rings. The van der Waals surface area contributed by atoms with Crippen molar-refractivity contribution >= 4 is 54.0 Å². The summed E-state index contributed by atoms with van der Waals surface area (Å²) in [6.45, 7) is 4.78. The maximum absolute atomic E-state index is 2.56. The van der Waals surface area contributed by atoms with Crippen LogP contribution >= 0.6 is 0 Å². The van der Waals surface area contributed by atoms with Gasteiger partial charge >= 0.3 is 0 Å². The number of fused-ring (bicyclic) bond motifs is 6. The monoisotopic (exact) mass is 559 g/mol. The number of aromatic nitrogens is 1. The molecular weight excluding hydrogens is 530 g/mol. The highest BCUT2D eigenvalue weighted by atomic mass is 15.0. The van der Waals surface area contributed by atoms with Crippen LogP contribution in [-0.4, -0.2) is 4.57 Å². The Kier molecular flexibility index (Phi) is 4.58. The van der Waals surface area contributed by atoms with E-state index in [0.717, 1.165) is 0 Å². The van der Waals surface area contributed by atoms with Crippen molar-refractivity contribution in [1.82, 2.24) is 4.57 Å². The van der Waals surface area contributed by atoms with Gasteiger partial charge in [0, 0.05) is 21.8 Å². The summed E-state index contributed by atoms with van der Waals surface area (Å²) in [4.78, 5) is 0. The van der Waals surface area contributed by atoms with Crippen LogP contribution in [0.25, 0.3) is 82.1 Å². The maximum atomic E-state index is 2.56. The Morgan fingerprint density at radius 3 is 2.02 bits per heavy atom. The number of hydrogen-bond donors (Lipinski definition) is 0. The van der Waals surface area contributed by atoms with Crippen molar-refractivity contribution in [2.45, 2.75) is 19.3 Å². The Labute approximate surface area is 255 Å². The molecule has 1 nitrogen and oxygen atoms in total. The summed E-state index contributed by atoms with van der Waals surface area (Å²) in [5.74, 6) is 0. The molecule has 0 aliphatic heterocycles. The molecule has 0 atom stereocenters. The standard InChI is InChI=1S/C43H29N/c1-43(2)36-15-6-5-14-34(36)42-41(43)35-24-21-30(25-38(35)44(42)37-16-8-10-26-9-3-4-13-32(26)37)31-22-19-29-18-17-27-11-7-12-28-20-23-33(31)40(29)39(27)28/h3-25H,1-2H3. The van der Waals surface area contributed by atoms with Gasteiger partial charge < -0.3 is 4.57 Å². The summed E-state index contributed by atoms with van der Waals surface area (Å²) >= 11 is 0. The average molecular weight is 560 g/mol. The van der Waals surface area contributed by atoms with Gasteiger partial charge in [0.05, 0.1) is 16.9 Å². The third-order valence-electron chi connectivity index (χ3n) is 10.3. The molecule has 0 saturated carbocycles. The zero-order valence-electron chi connectivity index (χ0n) is 24.7. The fourth-order valence-electron chi connectivity index (χ4n) is 8.35. The van der Waals surface area contributed by atoms with E-state index in [1.165, 1.54) is 93.2 Å². The summed E-state index contributed by atoms with van der Waals surface area (Å²) in [5.41, 5.74) is 10.4. The molecular formula is C43H29N. The molecule has 8 aromatic carbocycles. The van der Waals surface area contributed by atoms with E-state index in [4.69, 9.17) is 0 Å². The Morgan fingerprint density at radius 2 is 1.14 bits per heavy atom. The van der Waals surface area contributed by atoms with E-state index >= 15 is 0 Å². The third-order valence-corrected chi connectivity index (χ3v) is 10.3. The Morgan fingerprint density at radius 1 is 0.477 bits per heavy atom. The maximum Gasteiger partial charge on any atom is 0.0585 e. The molecule has 1 heterocycles. The van der Waals surface area contributed by atoms with Crippen molar-refractivity contribution in [1.29, 1.82) is 0 Å². The van der Waals surface area contributed by atoms with Gasteiger partial charge in [0.2, 0.25) is 0 Å². The van der Waals surface area contributed by atoms with Crippen molar-refractivity contribution in [2.75, 3.05) is 0 Å². The van der Waals surface area contributed by atoms with Crippen LogP contribution in [0, 0.1) is 0 Å². The molecule has 0 amide bonds. The van der Waals surface area contributed by atoms with Crippen LogP contribution in [0.4, 0.5) is 0 Å². The van der Waals surface area contributed by atoms with Gasteiger partial charge in [0.15, 0.2) is 0 Å². The smallest absolute Gasteiger partial charge is 0.0585 e. The van der Waals surface area contributed by atoms with Crippen LogP contribution in [0.1, 0.15) is 25.0 Å². The van der Waals surface area contributed by atoms with E-state index in [9.17, 15) is 0 Å². The zero-order chi connectivity index (χ0) is 29.2. The topological polar surface area (TPSA) is 4.93 Å². The molecule has 0 radical (unpaired) electrons. The predicted molar refractivity (Wildman–Crippen MR) is 187 cm³/mol. The lowest BCUT2D eigenvalue weighted by atomic mass is 9.81. The first-order valence-corrected chi connectivity index (χ1v) is 15.5. The number of hydrogen-bond acceptors (Lipinski definition) is 0. The Hall–Kier alpha value is -5.40. The minimum atomic E-state index is -0.103. The van der Waals surface area contributed by atoms with Crippen LogP contribution in [0.2, 0.25) is 0 Å². The second kappa shape index (κ2) is 8.36. The van der Waals surface area contributed by atoms with Gasteiger partial charge in [-0.1, -0.05) is 141 Å². The van der Waals surface area contributed by atoms with Crippen molar-refractivity contribution in [2.24, 2.45) is 0 Å². The van der Waals surface area contributed by atoms with Crippen LogP contribution in [0.5, 0.6) is 0 Å². The molecule has 0 fully saturated rings. The van der Waals surface area contributed by atoms with Gasteiger partial charge in [-0.05, 0) is 72.1 Å². The van der Waals surface area contributed by atoms with E-state index in [0.29, 0.717) is 0 Å². The lowest BCUT2D eigenvalue weighted by molar-refractivity contribution is 0.666. The summed E-state index contributed by atoms with van der Waals surface area (Å²) < 4.78 is 2.56. The molecule has 1 heteroatoms. The summed E-state index contributed by atoms with van der Waals surface area (Å²) in [7, 11) is 0. The lowest BCUT2D eigenvalue weighted by Crippen LogP contribution is -2.14. The van der Waals surface area contributed by atoms with Gasteiger partial charge in [-0.3, -0.25) is 0 Å². The fraction of sp³-hybridized carbons (Fsp3) is 0.0698. The van der Waals surface area contributed by atoms with Crippen molar-refractivity contribution in [3.8, 4) is 28.1 Å². The number of rotatable bonds is 2. The molecule has 1 aromatic heterocycles. The first kappa shape index (κ1) is 24.1. The minimum absolute atomic E-state index is 0.103. The van der Waals surface area contributed by atoms with E-state index in [2.05, 4.69) is 158 Å². The molecule has 9 aromatic rings. The van der Waals surface area contributed by atoms with E-state index in [-0.39, 0.29) is 5.41 Å². The second-order valence-corrected chi connectivity index (χ2v) is 12.9. The highest BCUT2D eigenvalue weighted by Crippen LogP contribution is 2.54. The van der Waals surface area contributed by atoms with Gasteiger partial charge in [-0.2, -0.15) is 0 Å². The predicted octanol–water partition coefficient (Wildman–Crippen LogP) is 11.7. The lowest BCUT2D eigenvalue weighted by Gasteiger charge is -2.21. The number of benzene rings is 8. The van der Waals surface area contributed by atoms with Crippen LogP contribution in [-0.2, 0) is 5.41 Å². The molecule has 0 saturated heterocycles. The van der Waals surface area contributed by atoms with Gasteiger partial charge in [0.1, 0.15) is 0 Å². The van der Waals surface area contributed by atoms with Gasteiger partial charge in [-0.15, -0.1) is 0 Å². The molecule has 0 unspecified atom stereocenters. The molecule has 0 spiro atoms. The quantitative estimate of drug-likeness (QED) is 0.186. The molecule has 206 valence electrons. The summed E-state index contributed by atoms with van der Waals surface area (Å²) in [5, 5.41) is 11.8. The molecule has 10 rings (SSSR count). The van der Waals surface area contributed by atoms with Crippen molar-refractivity contribution < 1.29 is 0 Å². The average Bonchev–Trinajstić information content (AvgIpc) is 3.53. The Balaban J connectivity index is 1.33. The molecule has 1 aliphatic carbocycles. The van der Waals surface area contributed by atoms with Crippen molar-refractivity contribution in [3.05, 3.63) is 151 Å². The van der Waals surface area contributed by atoms with Crippen LogP contribution in [0.3, 0.4) is 0 Å². The fourth-order valence-corrected chi connectivity index (χ4v) is 8.35. The van der Waals surface area contributed by atoms with Crippen LogP contribution < -0.4 is 0 Å². The normalized spacial score (nSPS) is 13.9. The Bertz CT molecular complexity index is 2610. The number of nitrogens with zero attached hydrogens (tertiary/aromatic N) is 1. The van der Waals surface area contributed by atoms with Crippen molar-refractivity contribution in [3.63, 3.8) is 0 Å². The molecule has 44 heavy (non-hydrogen) atoms. The molecule has 0 N–H and O–H groups in total. The largest absolute Gasteiger partial charge is 0.308 e. The van der Waals surface area contributed by atoms with E-state index in [1.807, 2.05) is 0 Å². The van der Waals surface area contributed by atoms with E-state index < -0.39 is 0 Å². The van der Waals surface area contributed by atoms with Gasteiger partial charge in [-0.25, -0.2) is 0 Å².